The van der Waals surface area contributed by atoms with E-state index >= 15 is 0 Å². The van der Waals surface area contributed by atoms with E-state index in [2.05, 4.69) is 125 Å². The minimum atomic E-state index is -1.24. The lowest BCUT2D eigenvalue weighted by Crippen LogP contribution is -2.10. The largest absolute Gasteiger partial charge is 0.477 e. The molecule has 224 valence electrons. The summed E-state index contributed by atoms with van der Waals surface area (Å²) in [5, 5.41) is 23.1. The molecule has 7 aromatic rings. The fourth-order valence-corrected chi connectivity index (χ4v) is 6.63. The monoisotopic (exact) mass is 600 g/mol. The lowest BCUT2D eigenvalue weighted by Gasteiger charge is -2.26. The average molecular weight is 601 g/mol. The summed E-state index contributed by atoms with van der Waals surface area (Å²) >= 11 is 0. The molecule has 0 aliphatic carbocycles. The van der Waals surface area contributed by atoms with E-state index in [1.54, 1.807) is 18.2 Å². The van der Waals surface area contributed by atoms with Crippen molar-refractivity contribution in [2.24, 2.45) is 0 Å². The second-order valence-corrected chi connectivity index (χ2v) is 11.2. The lowest BCUT2D eigenvalue weighted by atomic mass is 10.1. The smallest absolute Gasteiger partial charge is 0.346 e. The predicted octanol–water partition coefficient (Wildman–Crippen LogP) is 9.96. The van der Waals surface area contributed by atoms with Gasteiger partial charge in [0.1, 0.15) is 11.6 Å². The maximum atomic E-state index is 11.2. The van der Waals surface area contributed by atoms with Crippen molar-refractivity contribution in [2.45, 2.75) is 26.9 Å². The molecule has 0 radical (unpaired) electrons. The summed E-state index contributed by atoms with van der Waals surface area (Å²) in [6, 6.07) is 40.4. The number of aromatic nitrogens is 2. The Balaban J connectivity index is 1.39. The van der Waals surface area contributed by atoms with Crippen molar-refractivity contribution in [3.8, 4) is 6.07 Å². The number of nitriles is 1. The van der Waals surface area contributed by atoms with Gasteiger partial charge in [-0.15, -0.1) is 0 Å². The van der Waals surface area contributed by atoms with E-state index in [9.17, 15) is 4.79 Å². The van der Waals surface area contributed by atoms with Gasteiger partial charge in [0.15, 0.2) is 0 Å². The summed E-state index contributed by atoms with van der Waals surface area (Å²) in [5.74, 6) is -1.24. The van der Waals surface area contributed by atoms with Gasteiger partial charge in [-0.25, -0.2) is 4.79 Å². The number of aryl methyl sites for hydroxylation is 2. The number of hydrogen-bond donors (Lipinski definition) is 1. The molecule has 46 heavy (non-hydrogen) atoms. The standard InChI is InChI=1S/C40H32N4O2/c1-3-42-36-14-7-5-12-32(36)34-22-20-30(24-38(34)42)44(29-18-16-27(17-19-29)10-9-11-28(26-41)40(45)46)31-21-23-35-33-13-6-8-15-37(33)43(4-2)39(35)25-31/h5-25H,3-4H2,1-2H3,(H,45,46)/b10-9+,28-11+. The molecule has 0 atom stereocenters. The van der Waals surface area contributed by atoms with Crippen LogP contribution in [0, 0.1) is 11.3 Å². The summed E-state index contributed by atoms with van der Waals surface area (Å²) in [4.78, 5) is 13.5. The molecule has 0 aliphatic heterocycles. The number of fused-ring (bicyclic) bond motifs is 6. The maximum absolute atomic E-state index is 11.2. The zero-order valence-corrected chi connectivity index (χ0v) is 25.7. The number of hydrogen-bond acceptors (Lipinski definition) is 3. The number of allylic oxidation sites excluding steroid dienone is 2. The van der Waals surface area contributed by atoms with Crippen LogP contribution in [-0.4, -0.2) is 20.2 Å². The molecule has 6 nitrogen and oxygen atoms in total. The molecule has 0 spiro atoms. The van der Waals surface area contributed by atoms with Gasteiger partial charge in [-0.3, -0.25) is 0 Å². The first-order valence-corrected chi connectivity index (χ1v) is 15.5. The summed E-state index contributed by atoms with van der Waals surface area (Å²) in [5.41, 5.74) is 8.51. The van der Waals surface area contributed by atoms with Gasteiger partial charge in [0, 0.05) is 62.7 Å². The quantitative estimate of drug-likeness (QED) is 0.107. The molecule has 0 saturated heterocycles. The topological polar surface area (TPSA) is 74.2 Å². The number of aliphatic carboxylic acids is 1. The highest BCUT2D eigenvalue weighted by Crippen LogP contribution is 2.41. The van der Waals surface area contributed by atoms with Gasteiger partial charge >= 0.3 is 5.97 Å². The molecule has 6 heteroatoms. The van der Waals surface area contributed by atoms with E-state index in [-0.39, 0.29) is 5.57 Å². The van der Waals surface area contributed by atoms with E-state index in [1.807, 2.05) is 12.1 Å². The highest BCUT2D eigenvalue weighted by Gasteiger charge is 2.18. The Hall–Kier alpha value is -6.06. The van der Waals surface area contributed by atoms with Crippen LogP contribution in [0.2, 0.25) is 0 Å². The van der Waals surface area contributed by atoms with E-state index in [4.69, 9.17) is 10.4 Å². The van der Waals surface area contributed by atoms with E-state index in [1.165, 1.54) is 49.7 Å². The van der Waals surface area contributed by atoms with Gasteiger partial charge in [-0.2, -0.15) is 5.26 Å². The third kappa shape index (κ3) is 4.79. The second-order valence-electron chi connectivity index (χ2n) is 11.2. The molecule has 0 fully saturated rings. The molecule has 0 unspecified atom stereocenters. The van der Waals surface area contributed by atoms with Gasteiger partial charge in [0.2, 0.25) is 0 Å². The molecular weight excluding hydrogens is 568 g/mol. The van der Waals surface area contributed by atoms with Crippen LogP contribution in [-0.2, 0) is 17.9 Å². The van der Waals surface area contributed by atoms with Crippen molar-refractivity contribution in [1.29, 1.82) is 5.26 Å². The summed E-state index contributed by atoms with van der Waals surface area (Å²) in [6.07, 6.45) is 4.70. The Morgan fingerprint density at radius 1 is 0.696 bits per heavy atom. The summed E-state index contributed by atoms with van der Waals surface area (Å²) in [7, 11) is 0. The minimum absolute atomic E-state index is 0.307. The van der Waals surface area contributed by atoms with E-state index < -0.39 is 5.97 Å². The first-order chi connectivity index (χ1) is 22.5. The second kappa shape index (κ2) is 11.8. The van der Waals surface area contributed by atoms with Gasteiger partial charge in [-0.05, 0) is 74.0 Å². The van der Waals surface area contributed by atoms with Crippen molar-refractivity contribution in [3.63, 3.8) is 0 Å². The van der Waals surface area contributed by atoms with Crippen LogP contribution in [0.25, 0.3) is 49.7 Å². The van der Waals surface area contributed by atoms with Crippen LogP contribution in [0.4, 0.5) is 17.1 Å². The van der Waals surface area contributed by atoms with Crippen molar-refractivity contribution in [2.75, 3.05) is 4.90 Å². The highest BCUT2D eigenvalue weighted by atomic mass is 16.4. The van der Waals surface area contributed by atoms with Crippen LogP contribution >= 0.6 is 0 Å². The van der Waals surface area contributed by atoms with Crippen molar-refractivity contribution < 1.29 is 9.90 Å². The molecule has 0 amide bonds. The Morgan fingerprint density at radius 2 is 1.17 bits per heavy atom. The number of rotatable bonds is 8. The third-order valence-electron chi connectivity index (χ3n) is 8.72. The first-order valence-electron chi connectivity index (χ1n) is 15.5. The number of carboxylic acids is 1. The van der Waals surface area contributed by atoms with Gasteiger partial charge < -0.3 is 19.1 Å². The summed E-state index contributed by atoms with van der Waals surface area (Å²) in [6.45, 7) is 6.10. The Morgan fingerprint density at radius 3 is 1.65 bits per heavy atom. The molecular formula is C40H32N4O2. The molecule has 0 bridgehead atoms. The molecule has 5 aromatic carbocycles. The number of anilines is 3. The molecule has 1 N–H and O–H groups in total. The maximum Gasteiger partial charge on any atom is 0.346 e. The summed E-state index contributed by atoms with van der Waals surface area (Å²) < 4.78 is 4.75. The van der Waals surface area contributed by atoms with Crippen molar-refractivity contribution in [3.05, 3.63) is 132 Å². The number of nitrogens with zero attached hydrogens (tertiary/aromatic N) is 4. The molecule has 2 aromatic heterocycles. The Kier molecular flexibility index (Phi) is 7.36. The third-order valence-corrected chi connectivity index (χ3v) is 8.72. The van der Waals surface area contributed by atoms with Crippen LogP contribution < -0.4 is 4.90 Å². The van der Waals surface area contributed by atoms with Crippen LogP contribution in [0.5, 0.6) is 0 Å². The van der Waals surface area contributed by atoms with Crippen LogP contribution in [0.15, 0.2) is 127 Å². The molecule has 2 heterocycles. The SMILES string of the molecule is CCn1c2ccccc2c2ccc(N(c3ccc(/C=C/C=C(\C#N)C(=O)O)cc3)c3ccc4c5ccccc5n(CC)c4c3)cc21. The Bertz CT molecular complexity index is 2260. The minimum Gasteiger partial charge on any atom is -0.477 e. The predicted molar refractivity (Wildman–Crippen MR) is 189 cm³/mol. The van der Waals surface area contributed by atoms with Crippen molar-refractivity contribution >= 4 is 72.7 Å². The normalized spacial score (nSPS) is 12.1. The lowest BCUT2D eigenvalue weighted by molar-refractivity contribution is -0.132. The van der Waals surface area contributed by atoms with Crippen molar-refractivity contribution in [1.82, 2.24) is 9.13 Å². The highest BCUT2D eigenvalue weighted by molar-refractivity contribution is 6.11. The van der Waals surface area contributed by atoms with E-state index in [0.717, 1.165) is 35.7 Å². The fraction of sp³-hybridized carbons (Fsp3) is 0.100. The zero-order chi connectivity index (χ0) is 31.8. The first kappa shape index (κ1) is 28.7. The number of benzene rings is 5. The van der Waals surface area contributed by atoms with Gasteiger partial charge in [0.25, 0.3) is 0 Å². The average Bonchev–Trinajstić information content (AvgIpc) is 3.58. The molecule has 0 aliphatic rings. The van der Waals surface area contributed by atoms with E-state index in [0.29, 0.717) is 0 Å². The molecule has 0 saturated carbocycles. The molecule has 7 rings (SSSR count). The number of carboxylic acid groups (broad SMARTS) is 1. The van der Waals surface area contributed by atoms with Gasteiger partial charge in [0.05, 0.1) is 11.0 Å². The zero-order valence-electron chi connectivity index (χ0n) is 25.7. The van der Waals surface area contributed by atoms with Crippen LogP contribution in [0.1, 0.15) is 19.4 Å². The number of para-hydroxylation sites is 2. The number of carbonyl (C=O) groups is 1. The Labute approximate surface area is 266 Å². The van der Waals surface area contributed by atoms with Gasteiger partial charge in [-0.1, -0.05) is 72.8 Å². The van der Waals surface area contributed by atoms with Crippen LogP contribution in [0.3, 0.4) is 0 Å². The fourth-order valence-electron chi connectivity index (χ4n) is 6.63.